The van der Waals surface area contributed by atoms with E-state index in [1.807, 2.05) is 26.0 Å². The molecule has 0 unspecified atom stereocenters. The molecule has 0 spiro atoms. The number of nitrogens with one attached hydrogen (secondary N) is 1. The van der Waals surface area contributed by atoms with Crippen LogP contribution in [0.5, 0.6) is 0 Å². The van der Waals surface area contributed by atoms with Crippen molar-refractivity contribution < 1.29 is 18.7 Å². The van der Waals surface area contributed by atoms with Gasteiger partial charge in [-0.15, -0.1) is 0 Å². The summed E-state index contributed by atoms with van der Waals surface area (Å²) in [5.41, 5.74) is -0.327. The fourth-order valence-corrected chi connectivity index (χ4v) is 4.37. The summed E-state index contributed by atoms with van der Waals surface area (Å²) in [6.45, 7) is 13.6. The zero-order chi connectivity index (χ0) is 31.5. The zero-order valence-electron chi connectivity index (χ0n) is 25.2. The van der Waals surface area contributed by atoms with Crippen molar-refractivity contribution in [2.75, 3.05) is 18.1 Å². The summed E-state index contributed by atoms with van der Waals surface area (Å²) in [5, 5.41) is 0.692. The van der Waals surface area contributed by atoms with Gasteiger partial charge in [-0.2, -0.15) is 4.98 Å². The van der Waals surface area contributed by atoms with Crippen LogP contribution in [-0.2, 0) is 21.3 Å². The van der Waals surface area contributed by atoms with E-state index in [0.717, 1.165) is 4.57 Å². The van der Waals surface area contributed by atoms with Crippen molar-refractivity contribution in [3.63, 3.8) is 0 Å². The van der Waals surface area contributed by atoms with Gasteiger partial charge in [-0.25, -0.2) is 14.0 Å². The van der Waals surface area contributed by atoms with E-state index in [-0.39, 0.29) is 36.5 Å². The molecule has 0 atom stereocenters. The Labute approximate surface area is 250 Å². The number of hydrogen-bond acceptors (Lipinski definition) is 6. The maximum atomic E-state index is 15.3. The second-order valence-corrected chi connectivity index (χ2v) is 11.1. The van der Waals surface area contributed by atoms with Crippen LogP contribution in [0.3, 0.4) is 0 Å². The number of amides is 1. The van der Waals surface area contributed by atoms with E-state index >= 15 is 4.39 Å². The van der Waals surface area contributed by atoms with Crippen LogP contribution in [0.4, 0.5) is 20.7 Å². The van der Waals surface area contributed by atoms with Gasteiger partial charge in [0.2, 0.25) is 0 Å². The number of rotatable bonds is 3. The minimum Gasteiger partial charge on any atom is -0.444 e. The SMILES string of the molecule is CC.[B]C([B])([B])n1c(=O)nc(N2CCOCc3c(C#CC(C)(C)NC(=O)OC(C)(C)C)cccc32)c2c(F)cccc21. The number of carbonyl (C=O) groups excluding carboxylic acids is 1. The van der Waals surface area contributed by atoms with Gasteiger partial charge in [-0.1, -0.05) is 43.1 Å². The minimum absolute atomic E-state index is 0.0276. The van der Waals surface area contributed by atoms with E-state index in [2.05, 4.69) is 22.1 Å². The highest BCUT2D eigenvalue weighted by atomic mass is 19.1. The Morgan fingerprint density at radius 3 is 2.40 bits per heavy atom. The van der Waals surface area contributed by atoms with E-state index in [1.54, 1.807) is 45.6 Å². The fourth-order valence-electron chi connectivity index (χ4n) is 4.37. The summed E-state index contributed by atoms with van der Waals surface area (Å²) >= 11 is 0. The van der Waals surface area contributed by atoms with Crippen molar-refractivity contribution in [3.8, 4) is 11.8 Å². The summed E-state index contributed by atoms with van der Waals surface area (Å²) in [7, 11) is 17.5. The molecule has 6 radical (unpaired) electrons. The first-order chi connectivity index (χ1) is 19.6. The molecule has 12 heteroatoms. The van der Waals surface area contributed by atoms with Crippen LogP contribution in [0.15, 0.2) is 41.2 Å². The lowest BCUT2D eigenvalue weighted by Crippen LogP contribution is -2.44. The summed E-state index contributed by atoms with van der Waals surface area (Å²) in [5.74, 6) is 5.66. The highest BCUT2D eigenvalue weighted by Crippen LogP contribution is 2.36. The summed E-state index contributed by atoms with van der Waals surface area (Å²) in [4.78, 5) is 31.2. The molecule has 4 rings (SSSR count). The number of alkyl carbamates (subject to hydrolysis) is 1. The van der Waals surface area contributed by atoms with E-state index in [9.17, 15) is 9.59 Å². The Morgan fingerprint density at radius 2 is 1.76 bits per heavy atom. The van der Waals surface area contributed by atoms with E-state index in [4.69, 9.17) is 33.0 Å². The van der Waals surface area contributed by atoms with Crippen molar-refractivity contribution in [1.82, 2.24) is 14.9 Å². The van der Waals surface area contributed by atoms with Gasteiger partial charge in [-0.05, 0) is 58.9 Å². The van der Waals surface area contributed by atoms with Crippen LogP contribution in [0.25, 0.3) is 10.9 Å². The molecule has 1 aromatic heterocycles. The third-order valence-electron chi connectivity index (χ3n) is 5.96. The van der Waals surface area contributed by atoms with Gasteiger partial charge >= 0.3 is 11.8 Å². The number of hydrogen-bond donors (Lipinski definition) is 1. The third-order valence-corrected chi connectivity index (χ3v) is 5.96. The molecule has 0 saturated carbocycles. The molecule has 1 N–H and O–H groups in total. The number of nitrogens with zero attached hydrogens (tertiary/aromatic N) is 3. The Kier molecular flexibility index (Phi) is 9.89. The first-order valence-electron chi connectivity index (χ1n) is 13.7. The molecule has 42 heavy (non-hydrogen) atoms. The molecule has 1 aliphatic rings. The molecule has 0 bridgehead atoms. The van der Waals surface area contributed by atoms with Crippen LogP contribution in [0.1, 0.15) is 59.6 Å². The molecule has 1 aliphatic heterocycles. The lowest BCUT2D eigenvalue weighted by molar-refractivity contribution is 0.0494. The van der Waals surface area contributed by atoms with Crippen molar-refractivity contribution in [2.45, 2.75) is 71.4 Å². The molecule has 0 fully saturated rings. The number of halogens is 1. The molecular weight excluding hydrogens is 532 g/mol. The molecule has 0 saturated heterocycles. The molecule has 2 heterocycles. The van der Waals surface area contributed by atoms with Crippen LogP contribution >= 0.6 is 0 Å². The van der Waals surface area contributed by atoms with Gasteiger partial charge < -0.3 is 24.3 Å². The average molecular weight is 566 g/mol. The molecule has 3 aromatic rings. The third kappa shape index (κ3) is 7.57. The number of fused-ring (bicyclic) bond motifs is 2. The number of benzene rings is 2. The minimum atomic E-state index is -2.10. The summed E-state index contributed by atoms with van der Waals surface area (Å²) in [6.07, 6.45) is -0.584. The fraction of sp³-hybridized carbons (Fsp3) is 0.433. The number of carbonyl (C=O) groups is 1. The molecular formula is C30H34B3FN4O4. The van der Waals surface area contributed by atoms with Gasteiger partial charge in [-0.3, -0.25) is 0 Å². The lowest BCUT2D eigenvalue weighted by atomic mass is 9.49. The highest BCUT2D eigenvalue weighted by molar-refractivity contribution is 6.56. The van der Waals surface area contributed by atoms with Gasteiger partial charge in [0.05, 0.1) is 53.2 Å². The van der Waals surface area contributed by atoms with Crippen molar-refractivity contribution in [1.29, 1.82) is 0 Å². The quantitative estimate of drug-likeness (QED) is 0.382. The molecule has 214 valence electrons. The van der Waals surface area contributed by atoms with Gasteiger partial charge in [0.1, 0.15) is 11.4 Å². The number of ether oxygens (including phenoxy) is 2. The first-order valence-corrected chi connectivity index (χ1v) is 13.7. The maximum Gasteiger partial charge on any atom is 0.408 e. The van der Waals surface area contributed by atoms with Crippen LogP contribution < -0.4 is 15.9 Å². The normalized spacial score (nSPS) is 13.6. The molecule has 1 amide bonds. The Bertz CT molecular complexity index is 1580. The standard InChI is InChI=1S/C28H28B3FN4O4.C2H6/c1-26(2,3)40-25(38)34-27(4,5)13-12-17-8-6-10-20-18(17)16-39-15-14-35(20)23-22-19(32)9-7-11-21(22)36(24(37)33-23)28(29,30)31;1-2/h6-11H,14-16H2,1-5H3,(H,34,38);1-2H3. The second-order valence-electron chi connectivity index (χ2n) is 11.1. The van der Waals surface area contributed by atoms with Crippen LogP contribution in [-0.4, -0.2) is 63.5 Å². The van der Waals surface area contributed by atoms with Crippen LogP contribution in [0, 0.1) is 17.7 Å². The lowest BCUT2D eigenvalue weighted by Gasteiger charge is -2.29. The smallest absolute Gasteiger partial charge is 0.408 e. The molecule has 8 nitrogen and oxygen atoms in total. The Hall–Kier alpha value is -3.71. The molecule has 0 aliphatic carbocycles. The summed E-state index contributed by atoms with van der Waals surface area (Å²) < 4.78 is 27.4. The zero-order valence-corrected chi connectivity index (χ0v) is 25.2. The topological polar surface area (TPSA) is 85.7 Å². The van der Waals surface area contributed by atoms with E-state index < -0.39 is 34.0 Å². The number of anilines is 2. The predicted molar refractivity (Wildman–Crippen MR) is 166 cm³/mol. The van der Waals surface area contributed by atoms with E-state index in [0.29, 0.717) is 16.8 Å². The van der Waals surface area contributed by atoms with Gasteiger partial charge in [0.25, 0.3) is 0 Å². The first kappa shape index (κ1) is 32.8. The largest absolute Gasteiger partial charge is 0.444 e. The predicted octanol–water partition coefficient (Wildman–Crippen LogP) is 3.96. The van der Waals surface area contributed by atoms with Gasteiger partial charge in [0.15, 0.2) is 5.82 Å². The van der Waals surface area contributed by atoms with Crippen molar-refractivity contribution >= 4 is 52.0 Å². The van der Waals surface area contributed by atoms with E-state index in [1.165, 1.54) is 18.2 Å². The Balaban J connectivity index is 0.00000237. The Morgan fingerprint density at radius 1 is 1.10 bits per heavy atom. The second kappa shape index (κ2) is 12.7. The van der Waals surface area contributed by atoms with Gasteiger partial charge in [0, 0.05) is 23.4 Å². The highest BCUT2D eigenvalue weighted by Gasteiger charge is 2.28. The maximum absolute atomic E-state index is 15.3. The average Bonchev–Trinajstić information content (AvgIpc) is 3.09. The molecule has 2 aromatic carbocycles. The summed E-state index contributed by atoms with van der Waals surface area (Å²) in [6, 6.07) is 9.62. The monoisotopic (exact) mass is 566 g/mol. The van der Waals surface area contributed by atoms with Crippen molar-refractivity contribution in [3.05, 3.63) is 63.8 Å². The number of aromatic nitrogens is 2. The van der Waals surface area contributed by atoms with Crippen molar-refractivity contribution in [2.24, 2.45) is 0 Å². The van der Waals surface area contributed by atoms with Crippen LogP contribution in [0.2, 0.25) is 0 Å².